The summed E-state index contributed by atoms with van der Waals surface area (Å²) in [5.41, 5.74) is 0. The maximum absolute atomic E-state index is 13.0. The number of carboxylic acid groups (broad SMARTS) is 1. The molecule has 1 aliphatic heterocycles. The quantitative estimate of drug-likeness (QED) is 0.0229. The van der Waals surface area contributed by atoms with Gasteiger partial charge in [0.25, 0.3) is 0 Å². The molecule has 6 unspecified atom stereocenters. The van der Waals surface area contributed by atoms with Gasteiger partial charge in [-0.2, -0.15) is 0 Å². The smallest absolute Gasteiger partial charge is 0.335 e. The molecule has 69 heavy (non-hydrogen) atoms. The average molecular weight is 969 g/mol. The summed E-state index contributed by atoms with van der Waals surface area (Å²) in [5.74, 6) is -3.25. The molecule has 392 valence electrons. The van der Waals surface area contributed by atoms with Crippen LogP contribution in [0.5, 0.6) is 0 Å². The van der Waals surface area contributed by atoms with E-state index in [-0.39, 0.29) is 25.9 Å². The number of unbranched alkanes of at least 4 members (excludes halogenated alkanes) is 15. The summed E-state index contributed by atoms with van der Waals surface area (Å²) < 4.78 is 28.2. The zero-order valence-electron chi connectivity index (χ0n) is 42.8. The number of hydrogen-bond donors (Lipinski definition) is 3. The summed E-state index contributed by atoms with van der Waals surface area (Å²) in [6, 6.07) is 0. The first-order valence-electron chi connectivity index (χ1n) is 26.6. The van der Waals surface area contributed by atoms with Crippen molar-refractivity contribution in [2.45, 2.75) is 237 Å². The second-order valence-electron chi connectivity index (χ2n) is 17.8. The number of aliphatic carboxylic acids is 1. The molecule has 6 atom stereocenters. The minimum absolute atomic E-state index is 0.0402. The molecule has 12 heteroatoms. The Kier molecular flexibility index (Phi) is 41.1. The Bertz CT molecular complexity index is 1530. The van der Waals surface area contributed by atoms with Crippen LogP contribution in [0, 0.1) is 0 Å². The van der Waals surface area contributed by atoms with Gasteiger partial charge in [-0.1, -0.05) is 189 Å². The van der Waals surface area contributed by atoms with Crippen LogP contribution in [0.2, 0.25) is 0 Å². The maximum atomic E-state index is 13.0. The fraction of sp³-hybridized carbons (Fsp3) is 0.684. The molecule has 1 rings (SSSR count). The van der Waals surface area contributed by atoms with Crippen LogP contribution in [0.1, 0.15) is 201 Å². The predicted octanol–water partition coefficient (Wildman–Crippen LogP) is 12.8. The third kappa shape index (κ3) is 35.6. The van der Waals surface area contributed by atoms with E-state index >= 15 is 0 Å². The third-order valence-electron chi connectivity index (χ3n) is 11.5. The summed E-state index contributed by atoms with van der Waals surface area (Å²) in [6.07, 6.45) is 44.5. The Hall–Kier alpha value is -4.10. The molecular weight excluding hydrogens is 877 g/mol. The first-order chi connectivity index (χ1) is 33.6. The van der Waals surface area contributed by atoms with Gasteiger partial charge in [0.05, 0.1) is 6.61 Å². The van der Waals surface area contributed by atoms with E-state index in [4.69, 9.17) is 23.7 Å². The Balaban J connectivity index is 2.73. The second-order valence-corrected chi connectivity index (χ2v) is 17.8. The van der Waals surface area contributed by atoms with Crippen LogP contribution in [-0.2, 0) is 42.9 Å². The van der Waals surface area contributed by atoms with Gasteiger partial charge in [0.1, 0.15) is 18.8 Å². The lowest BCUT2D eigenvalue weighted by Gasteiger charge is -2.40. The minimum atomic E-state index is -1.92. The molecule has 12 nitrogen and oxygen atoms in total. The molecule has 0 aliphatic carbocycles. The van der Waals surface area contributed by atoms with Crippen molar-refractivity contribution in [2.75, 3.05) is 13.2 Å². The van der Waals surface area contributed by atoms with Crippen LogP contribution in [0.4, 0.5) is 0 Å². The molecule has 0 radical (unpaired) electrons. The Morgan fingerprint density at radius 2 is 0.942 bits per heavy atom. The third-order valence-corrected chi connectivity index (χ3v) is 11.5. The normalized spacial score (nSPS) is 19.3. The molecule has 0 spiro atoms. The van der Waals surface area contributed by atoms with Crippen molar-refractivity contribution in [3.05, 3.63) is 85.1 Å². The Morgan fingerprint density at radius 3 is 1.45 bits per heavy atom. The first kappa shape index (κ1) is 62.9. The van der Waals surface area contributed by atoms with Crippen molar-refractivity contribution >= 4 is 23.9 Å². The van der Waals surface area contributed by atoms with Gasteiger partial charge >= 0.3 is 23.9 Å². The lowest BCUT2D eigenvalue weighted by atomic mass is 9.98. The maximum Gasteiger partial charge on any atom is 0.335 e. The molecule has 0 bridgehead atoms. The largest absolute Gasteiger partial charge is 0.479 e. The van der Waals surface area contributed by atoms with Gasteiger partial charge in [-0.25, -0.2) is 4.79 Å². The SMILES string of the molecule is CC/C=C\C/C=C\C/C=C\C/C=C\CCC(=O)OCC(COC1OC(C(=O)O)C(O)C(O)C1OC(=O)CCCCCCCCC/C=C\C/C=C\C/C=C\CC)OC(=O)CCCCCCCCCCC. The molecule has 0 aromatic rings. The van der Waals surface area contributed by atoms with Gasteiger partial charge in [0.15, 0.2) is 24.6 Å². The highest BCUT2D eigenvalue weighted by molar-refractivity contribution is 5.74. The minimum Gasteiger partial charge on any atom is -0.479 e. The number of hydrogen-bond acceptors (Lipinski definition) is 11. The van der Waals surface area contributed by atoms with Gasteiger partial charge in [-0.15, -0.1) is 0 Å². The van der Waals surface area contributed by atoms with Crippen molar-refractivity contribution < 1.29 is 58.2 Å². The number of carbonyl (C=O) groups is 4. The standard InChI is InChI=1S/C57H92O12/c1-4-7-10-13-16-19-21-23-24-25-26-28-30-33-36-39-42-45-51(60)68-55-53(62)52(61)54(56(63)64)69-57(55)66-47-48(67-50(59)44-41-38-35-31-18-15-12-9-6-3)46-65-49(58)43-40-37-34-32-29-27-22-20-17-14-11-8-5-2/h7-8,10-11,16-17,19-20,23-24,27,29,34,37,48,52-55,57,61-62H,4-6,9,12-15,18,21-22,25-26,28,30-33,35-36,38-47H2,1-3H3,(H,63,64)/b10-7-,11-8-,19-16-,20-17-,24-23-,29-27-,37-34-. The molecule has 0 amide bonds. The van der Waals surface area contributed by atoms with Crippen LogP contribution in [0.25, 0.3) is 0 Å². The number of aliphatic hydroxyl groups is 2. The van der Waals surface area contributed by atoms with E-state index in [0.717, 1.165) is 109 Å². The van der Waals surface area contributed by atoms with Crippen molar-refractivity contribution in [1.82, 2.24) is 0 Å². The van der Waals surface area contributed by atoms with E-state index in [1.165, 1.54) is 32.1 Å². The number of ether oxygens (including phenoxy) is 5. The lowest BCUT2D eigenvalue weighted by Crippen LogP contribution is -2.61. The highest BCUT2D eigenvalue weighted by Crippen LogP contribution is 2.26. The van der Waals surface area contributed by atoms with Crippen molar-refractivity contribution in [3.8, 4) is 0 Å². The molecule has 3 N–H and O–H groups in total. The summed E-state index contributed by atoms with van der Waals surface area (Å²) >= 11 is 0. The Morgan fingerprint density at radius 1 is 0.493 bits per heavy atom. The zero-order chi connectivity index (χ0) is 50.4. The van der Waals surface area contributed by atoms with Gasteiger partial charge < -0.3 is 39.0 Å². The van der Waals surface area contributed by atoms with Gasteiger partial charge in [-0.3, -0.25) is 14.4 Å². The van der Waals surface area contributed by atoms with Crippen LogP contribution < -0.4 is 0 Å². The molecule has 0 aromatic carbocycles. The van der Waals surface area contributed by atoms with E-state index in [1.54, 1.807) is 0 Å². The van der Waals surface area contributed by atoms with Crippen LogP contribution >= 0.6 is 0 Å². The summed E-state index contributed by atoms with van der Waals surface area (Å²) in [6.45, 7) is 5.64. The van der Waals surface area contributed by atoms with E-state index in [1.807, 2.05) is 12.2 Å². The summed E-state index contributed by atoms with van der Waals surface area (Å²) in [5, 5.41) is 31.3. The Labute approximate surface area is 416 Å². The van der Waals surface area contributed by atoms with E-state index < -0.39 is 67.3 Å². The van der Waals surface area contributed by atoms with Crippen molar-refractivity contribution in [1.29, 1.82) is 0 Å². The van der Waals surface area contributed by atoms with E-state index in [9.17, 15) is 34.5 Å². The fourth-order valence-corrected chi connectivity index (χ4v) is 7.45. The predicted molar refractivity (Wildman–Crippen MR) is 275 cm³/mol. The molecule has 1 fully saturated rings. The molecule has 1 heterocycles. The molecular formula is C57H92O12. The van der Waals surface area contributed by atoms with Crippen molar-refractivity contribution in [3.63, 3.8) is 0 Å². The zero-order valence-corrected chi connectivity index (χ0v) is 42.8. The highest BCUT2D eigenvalue weighted by atomic mass is 16.7. The van der Waals surface area contributed by atoms with E-state index in [0.29, 0.717) is 19.3 Å². The second kappa shape index (κ2) is 45.1. The number of carbonyl (C=O) groups excluding carboxylic acids is 3. The lowest BCUT2D eigenvalue weighted by molar-refractivity contribution is -0.301. The average Bonchev–Trinajstić information content (AvgIpc) is 3.33. The van der Waals surface area contributed by atoms with Crippen LogP contribution in [0.15, 0.2) is 85.1 Å². The van der Waals surface area contributed by atoms with Crippen molar-refractivity contribution in [2.24, 2.45) is 0 Å². The van der Waals surface area contributed by atoms with E-state index in [2.05, 4.69) is 93.7 Å². The monoisotopic (exact) mass is 969 g/mol. The molecule has 1 aliphatic rings. The van der Waals surface area contributed by atoms with Crippen LogP contribution in [-0.4, -0.2) is 89.2 Å². The first-order valence-corrected chi connectivity index (χ1v) is 26.6. The number of carboxylic acids is 1. The van der Waals surface area contributed by atoms with Gasteiger partial charge in [0.2, 0.25) is 0 Å². The number of rotatable bonds is 43. The van der Waals surface area contributed by atoms with Gasteiger partial charge in [-0.05, 0) is 77.0 Å². The molecule has 1 saturated heterocycles. The molecule has 0 aromatic heterocycles. The number of esters is 3. The number of aliphatic hydroxyl groups excluding tert-OH is 2. The summed E-state index contributed by atoms with van der Waals surface area (Å²) in [4.78, 5) is 50.8. The topological polar surface area (TPSA) is 175 Å². The summed E-state index contributed by atoms with van der Waals surface area (Å²) in [7, 11) is 0. The fourth-order valence-electron chi connectivity index (χ4n) is 7.45. The number of allylic oxidation sites excluding steroid dienone is 14. The molecule has 0 saturated carbocycles. The van der Waals surface area contributed by atoms with Gasteiger partial charge in [0, 0.05) is 19.3 Å². The highest BCUT2D eigenvalue weighted by Gasteiger charge is 2.50. The van der Waals surface area contributed by atoms with Crippen LogP contribution in [0.3, 0.4) is 0 Å².